The largest absolute Gasteiger partial charge is 0.398 e. The van der Waals surface area contributed by atoms with Gasteiger partial charge in [0.1, 0.15) is 0 Å². The number of pyridine rings is 1. The number of aromatic nitrogens is 1. The predicted molar refractivity (Wildman–Crippen MR) is 60.2 cm³/mol. The highest BCUT2D eigenvalue weighted by atomic mass is 16.3. The minimum atomic E-state index is -0.741. The Kier molecular flexibility index (Phi) is 2.91. The van der Waals surface area contributed by atoms with Crippen molar-refractivity contribution in [2.24, 2.45) is 0 Å². The first-order valence-corrected chi connectivity index (χ1v) is 5.65. The Morgan fingerprint density at radius 3 is 2.47 bits per heavy atom. The quantitative estimate of drug-likeness (QED) is 0.692. The van der Waals surface area contributed by atoms with E-state index < -0.39 is 5.60 Å². The van der Waals surface area contributed by atoms with E-state index in [1.165, 1.54) is 12.8 Å². The molecule has 0 aromatic carbocycles. The molecular weight excluding hydrogens is 188 g/mol. The molecule has 3 N–H and O–H groups in total. The van der Waals surface area contributed by atoms with Crippen molar-refractivity contribution in [2.75, 3.05) is 5.73 Å². The third-order valence-electron chi connectivity index (χ3n) is 3.29. The fraction of sp³-hybridized carbons (Fsp3) is 0.583. The van der Waals surface area contributed by atoms with Gasteiger partial charge in [0, 0.05) is 23.6 Å². The van der Waals surface area contributed by atoms with Crippen molar-refractivity contribution >= 4 is 5.69 Å². The molecule has 1 aromatic rings. The van der Waals surface area contributed by atoms with Crippen LogP contribution in [0.1, 0.15) is 44.1 Å². The van der Waals surface area contributed by atoms with Gasteiger partial charge >= 0.3 is 0 Å². The molecule has 15 heavy (non-hydrogen) atoms. The molecule has 0 unspecified atom stereocenters. The first-order chi connectivity index (χ1) is 7.22. The Balaban J connectivity index is 2.30. The highest BCUT2D eigenvalue weighted by Crippen LogP contribution is 2.37. The van der Waals surface area contributed by atoms with Crippen LogP contribution in [0.4, 0.5) is 5.69 Å². The molecule has 1 fully saturated rings. The summed E-state index contributed by atoms with van der Waals surface area (Å²) >= 11 is 0. The van der Waals surface area contributed by atoms with Gasteiger partial charge in [-0.15, -0.1) is 0 Å². The molecule has 82 valence electrons. The number of nitrogen functional groups attached to an aromatic ring is 1. The lowest BCUT2D eigenvalue weighted by atomic mass is 9.87. The molecule has 0 aliphatic heterocycles. The lowest BCUT2D eigenvalue weighted by molar-refractivity contribution is 0.0211. The summed E-state index contributed by atoms with van der Waals surface area (Å²) in [6.45, 7) is 0. The van der Waals surface area contributed by atoms with E-state index in [1.807, 2.05) is 0 Å². The maximum absolute atomic E-state index is 10.6. The molecule has 2 rings (SSSR count). The van der Waals surface area contributed by atoms with Crippen molar-refractivity contribution in [1.29, 1.82) is 0 Å². The summed E-state index contributed by atoms with van der Waals surface area (Å²) in [6.07, 6.45) is 9.56. The second-order valence-corrected chi connectivity index (χ2v) is 4.41. The SMILES string of the molecule is Nc1ccncc1C1(O)CCCCCC1. The van der Waals surface area contributed by atoms with Crippen LogP contribution in [0.2, 0.25) is 0 Å². The molecule has 3 heteroatoms. The topological polar surface area (TPSA) is 59.1 Å². The fourth-order valence-corrected chi connectivity index (χ4v) is 2.38. The first-order valence-electron chi connectivity index (χ1n) is 5.65. The van der Waals surface area contributed by atoms with Gasteiger partial charge in [0.2, 0.25) is 0 Å². The zero-order valence-corrected chi connectivity index (χ0v) is 8.95. The van der Waals surface area contributed by atoms with Crippen LogP contribution in [-0.2, 0) is 5.60 Å². The Morgan fingerprint density at radius 2 is 1.87 bits per heavy atom. The molecule has 1 heterocycles. The van der Waals surface area contributed by atoms with Gasteiger partial charge in [0.15, 0.2) is 0 Å². The third kappa shape index (κ3) is 2.12. The van der Waals surface area contributed by atoms with Crippen LogP contribution in [0, 0.1) is 0 Å². The standard InChI is InChI=1S/C12H18N2O/c13-11-5-8-14-9-10(11)12(15)6-3-1-2-4-7-12/h5,8-9,15H,1-4,6-7H2,(H2,13,14). The van der Waals surface area contributed by atoms with Crippen molar-refractivity contribution in [3.63, 3.8) is 0 Å². The maximum atomic E-state index is 10.6. The summed E-state index contributed by atoms with van der Waals surface area (Å²) in [5.74, 6) is 0. The summed E-state index contributed by atoms with van der Waals surface area (Å²) in [5, 5.41) is 10.6. The summed E-state index contributed by atoms with van der Waals surface area (Å²) in [7, 11) is 0. The lowest BCUT2D eigenvalue weighted by Gasteiger charge is -2.27. The minimum Gasteiger partial charge on any atom is -0.398 e. The molecular formula is C12H18N2O. The van der Waals surface area contributed by atoms with Gasteiger partial charge < -0.3 is 10.8 Å². The van der Waals surface area contributed by atoms with Crippen molar-refractivity contribution in [3.05, 3.63) is 24.0 Å². The lowest BCUT2D eigenvalue weighted by Crippen LogP contribution is -2.26. The molecule has 1 aliphatic carbocycles. The zero-order chi connectivity index (χ0) is 10.7. The van der Waals surface area contributed by atoms with E-state index in [4.69, 9.17) is 5.73 Å². The first kappa shape index (κ1) is 10.4. The van der Waals surface area contributed by atoms with Gasteiger partial charge in [-0.1, -0.05) is 25.7 Å². The van der Waals surface area contributed by atoms with Gasteiger partial charge in [-0.25, -0.2) is 0 Å². The molecule has 0 saturated heterocycles. The van der Waals surface area contributed by atoms with Crippen LogP contribution in [0.3, 0.4) is 0 Å². The van der Waals surface area contributed by atoms with E-state index in [0.717, 1.165) is 31.2 Å². The number of hydrogen-bond acceptors (Lipinski definition) is 3. The van der Waals surface area contributed by atoms with E-state index >= 15 is 0 Å². The van der Waals surface area contributed by atoms with Crippen LogP contribution in [-0.4, -0.2) is 10.1 Å². The summed E-state index contributed by atoms with van der Waals surface area (Å²) in [5.41, 5.74) is 6.62. The zero-order valence-electron chi connectivity index (χ0n) is 8.95. The van der Waals surface area contributed by atoms with E-state index in [-0.39, 0.29) is 0 Å². The summed E-state index contributed by atoms with van der Waals surface area (Å²) in [4.78, 5) is 4.06. The van der Waals surface area contributed by atoms with E-state index in [0.29, 0.717) is 5.69 Å². The van der Waals surface area contributed by atoms with Crippen molar-refractivity contribution < 1.29 is 5.11 Å². The Morgan fingerprint density at radius 1 is 1.20 bits per heavy atom. The molecule has 0 bridgehead atoms. The number of aliphatic hydroxyl groups is 1. The highest BCUT2D eigenvalue weighted by molar-refractivity contribution is 5.47. The molecule has 1 saturated carbocycles. The van der Waals surface area contributed by atoms with Crippen LogP contribution in [0.25, 0.3) is 0 Å². The number of hydrogen-bond donors (Lipinski definition) is 2. The average molecular weight is 206 g/mol. The Labute approximate surface area is 90.3 Å². The van der Waals surface area contributed by atoms with Gasteiger partial charge in [-0.05, 0) is 18.9 Å². The van der Waals surface area contributed by atoms with Gasteiger partial charge in [-0.2, -0.15) is 0 Å². The fourth-order valence-electron chi connectivity index (χ4n) is 2.38. The number of nitrogens with two attached hydrogens (primary N) is 1. The van der Waals surface area contributed by atoms with Crippen LogP contribution >= 0.6 is 0 Å². The maximum Gasteiger partial charge on any atom is 0.0931 e. The molecule has 0 spiro atoms. The summed E-state index contributed by atoms with van der Waals surface area (Å²) in [6, 6.07) is 1.76. The normalized spacial score (nSPS) is 20.9. The molecule has 1 aromatic heterocycles. The van der Waals surface area contributed by atoms with Crippen molar-refractivity contribution in [3.8, 4) is 0 Å². The molecule has 0 amide bonds. The second-order valence-electron chi connectivity index (χ2n) is 4.41. The Bertz CT molecular complexity index is 330. The Hall–Kier alpha value is -1.09. The van der Waals surface area contributed by atoms with E-state index in [9.17, 15) is 5.11 Å². The van der Waals surface area contributed by atoms with Crippen LogP contribution in [0.5, 0.6) is 0 Å². The van der Waals surface area contributed by atoms with E-state index in [2.05, 4.69) is 4.98 Å². The molecule has 0 radical (unpaired) electrons. The number of rotatable bonds is 1. The molecule has 0 atom stereocenters. The molecule has 3 nitrogen and oxygen atoms in total. The minimum absolute atomic E-state index is 0.661. The predicted octanol–water partition coefficient (Wildman–Crippen LogP) is 2.21. The van der Waals surface area contributed by atoms with Gasteiger partial charge in [-0.3, -0.25) is 4.98 Å². The van der Waals surface area contributed by atoms with Gasteiger partial charge in [0.05, 0.1) is 5.60 Å². The average Bonchev–Trinajstić information content (AvgIpc) is 2.44. The molecule has 1 aliphatic rings. The van der Waals surface area contributed by atoms with Crippen LogP contribution in [0.15, 0.2) is 18.5 Å². The van der Waals surface area contributed by atoms with Crippen molar-refractivity contribution in [2.45, 2.75) is 44.1 Å². The third-order valence-corrected chi connectivity index (χ3v) is 3.29. The number of anilines is 1. The van der Waals surface area contributed by atoms with E-state index in [1.54, 1.807) is 18.5 Å². The van der Waals surface area contributed by atoms with Crippen LogP contribution < -0.4 is 5.73 Å². The monoisotopic (exact) mass is 206 g/mol. The van der Waals surface area contributed by atoms with Crippen molar-refractivity contribution in [1.82, 2.24) is 4.98 Å². The second kappa shape index (κ2) is 4.19. The summed E-state index contributed by atoms with van der Waals surface area (Å²) < 4.78 is 0. The number of nitrogens with zero attached hydrogens (tertiary/aromatic N) is 1. The smallest absolute Gasteiger partial charge is 0.0931 e. The van der Waals surface area contributed by atoms with Gasteiger partial charge in [0.25, 0.3) is 0 Å². The highest BCUT2D eigenvalue weighted by Gasteiger charge is 2.31.